The lowest BCUT2D eigenvalue weighted by molar-refractivity contribution is -0.154. The van der Waals surface area contributed by atoms with Crippen molar-refractivity contribution in [3.8, 4) is 0 Å². The molecule has 13 heteroatoms. The van der Waals surface area contributed by atoms with Crippen LogP contribution in [0.5, 0.6) is 0 Å². The molecular weight excluding hydrogens is 596 g/mol. The standard InChI is InChI=1S/C33H54N4O9/c1-31(2,3)45-22(38)15-16-34-28(41)26(39)21(18-44-9)35-27(40)25-23-20(33(23,7)8)17-37(25)29(42)24(19-13-11-10-12-14-19)36-30(43)46-32(4,5)6/h19-21,23-25H,10-18H2,1-9H3,(H,34,41)(H,35,40)(H,36,43)/t20-,21?,23?,24-,25-/m0/s1. The molecule has 0 aromatic rings. The van der Waals surface area contributed by atoms with E-state index in [1.807, 2.05) is 13.8 Å². The predicted octanol–water partition coefficient (Wildman–Crippen LogP) is 2.49. The Hall–Kier alpha value is -3.22. The maximum absolute atomic E-state index is 14.2. The average Bonchev–Trinajstić information content (AvgIpc) is 3.25. The summed E-state index contributed by atoms with van der Waals surface area (Å²) in [6.07, 6.45) is 3.64. The molecule has 0 aromatic heterocycles. The Morgan fingerprint density at radius 3 is 2.07 bits per heavy atom. The summed E-state index contributed by atoms with van der Waals surface area (Å²) in [6, 6.07) is -3.08. The van der Waals surface area contributed by atoms with Crippen molar-refractivity contribution in [2.75, 3.05) is 26.8 Å². The summed E-state index contributed by atoms with van der Waals surface area (Å²) in [7, 11) is 1.34. The Labute approximate surface area is 272 Å². The first-order valence-electron chi connectivity index (χ1n) is 16.4. The first-order chi connectivity index (χ1) is 21.3. The van der Waals surface area contributed by atoms with E-state index in [4.69, 9.17) is 14.2 Å². The van der Waals surface area contributed by atoms with E-state index in [0.29, 0.717) is 6.54 Å². The Kier molecular flexibility index (Phi) is 11.9. The SMILES string of the molecule is COCC(NC(=O)[C@@H]1C2[C@H](CN1C(=O)[C@@H](NC(=O)OC(C)(C)C)C1CCCCC1)C2(C)C)C(=O)C(=O)NCCC(=O)OC(C)(C)C. The third-order valence-corrected chi connectivity index (χ3v) is 9.04. The second-order valence-electron chi connectivity index (χ2n) is 15.4. The summed E-state index contributed by atoms with van der Waals surface area (Å²) in [5, 5.41) is 7.90. The lowest BCUT2D eigenvalue weighted by Crippen LogP contribution is -2.60. The minimum atomic E-state index is -1.31. The number of fused-ring (bicyclic) bond motifs is 1. The van der Waals surface area contributed by atoms with Crippen LogP contribution in [0.4, 0.5) is 4.79 Å². The molecule has 1 saturated heterocycles. The summed E-state index contributed by atoms with van der Waals surface area (Å²) >= 11 is 0. The highest BCUT2D eigenvalue weighted by Gasteiger charge is 2.69. The van der Waals surface area contributed by atoms with Gasteiger partial charge >= 0.3 is 12.1 Å². The van der Waals surface area contributed by atoms with Crippen molar-refractivity contribution in [3.63, 3.8) is 0 Å². The highest BCUT2D eigenvalue weighted by atomic mass is 16.6. The van der Waals surface area contributed by atoms with Crippen molar-refractivity contribution in [2.24, 2.45) is 23.2 Å². The fourth-order valence-electron chi connectivity index (χ4n) is 6.80. The fourth-order valence-corrected chi connectivity index (χ4v) is 6.80. The Morgan fingerprint density at radius 1 is 0.891 bits per heavy atom. The second-order valence-corrected chi connectivity index (χ2v) is 15.4. The first kappa shape index (κ1) is 37.2. The van der Waals surface area contributed by atoms with Gasteiger partial charge in [-0.1, -0.05) is 33.1 Å². The zero-order valence-electron chi connectivity index (χ0n) is 28.9. The number of amides is 4. The molecule has 2 aliphatic carbocycles. The molecule has 3 N–H and O–H groups in total. The minimum Gasteiger partial charge on any atom is -0.460 e. The van der Waals surface area contributed by atoms with Crippen molar-refractivity contribution in [2.45, 2.75) is 123 Å². The van der Waals surface area contributed by atoms with E-state index in [-0.39, 0.29) is 48.6 Å². The number of ketones is 1. The van der Waals surface area contributed by atoms with Gasteiger partial charge in [-0.3, -0.25) is 24.0 Å². The highest BCUT2D eigenvalue weighted by Crippen LogP contribution is 2.65. The van der Waals surface area contributed by atoms with E-state index in [2.05, 4.69) is 16.0 Å². The molecular formula is C33H54N4O9. The third kappa shape index (κ3) is 9.65. The summed E-state index contributed by atoms with van der Waals surface area (Å²) in [6.45, 7) is 14.4. The molecule has 0 radical (unpaired) electrons. The quantitative estimate of drug-likeness (QED) is 0.212. The largest absolute Gasteiger partial charge is 0.460 e. The number of Topliss-reactive ketones (excluding diaryl/α,β-unsaturated/α-hetero) is 1. The lowest BCUT2D eigenvalue weighted by atomic mass is 9.83. The lowest BCUT2D eigenvalue weighted by Gasteiger charge is -2.37. The van der Waals surface area contributed by atoms with E-state index in [1.54, 1.807) is 41.5 Å². The molecule has 0 spiro atoms. The van der Waals surface area contributed by atoms with Gasteiger partial charge in [0.05, 0.1) is 13.0 Å². The summed E-state index contributed by atoms with van der Waals surface area (Å²) < 4.78 is 15.9. The van der Waals surface area contributed by atoms with Gasteiger partial charge < -0.3 is 35.1 Å². The molecule has 2 unspecified atom stereocenters. The topological polar surface area (TPSA) is 169 Å². The van der Waals surface area contributed by atoms with Crippen molar-refractivity contribution < 1.29 is 43.0 Å². The summed E-state index contributed by atoms with van der Waals surface area (Å²) in [5.41, 5.74) is -1.65. The summed E-state index contributed by atoms with van der Waals surface area (Å²) in [4.78, 5) is 80.3. The molecule has 46 heavy (non-hydrogen) atoms. The van der Waals surface area contributed by atoms with Crippen LogP contribution in [0.1, 0.15) is 93.9 Å². The van der Waals surface area contributed by atoms with Gasteiger partial charge in [-0.15, -0.1) is 0 Å². The number of rotatable bonds is 12. The number of nitrogens with one attached hydrogen (secondary N) is 3. The molecule has 3 aliphatic rings. The second kappa shape index (κ2) is 14.7. The number of methoxy groups -OCH3 is 1. The van der Waals surface area contributed by atoms with Crippen molar-refractivity contribution in [3.05, 3.63) is 0 Å². The molecule has 1 heterocycles. The fraction of sp³-hybridized carbons (Fsp3) is 0.818. The number of alkyl carbamates (subject to hydrolysis) is 1. The molecule has 2 saturated carbocycles. The van der Waals surface area contributed by atoms with Gasteiger partial charge in [0.1, 0.15) is 29.3 Å². The van der Waals surface area contributed by atoms with Gasteiger partial charge in [-0.2, -0.15) is 0 Å². The van der Waals surface area contributed by atoms with Gasteiger partial charge in [-0.05, 0) is 77.6 Å². The number of carbonyl (C=O) groups is 6. The Morgan fingerprint density at radius 2 is 1.50 bits per heavy atom. The number of likely N-dealkylation sites (tertiary alicyclic amines) is 1. The van der Waals surface area contributed by atoms with Crippen molar-refractivity contribution in [1.82, 2.24) is 20.9 Å². The van der Waals surface area contributed by atoms with Gasteiger partial charge in [-0.25, -0.2) is 4.79 Å². The van der Waals surface area contributed by atoms with E-state index in [9.17, 15) is 28.8 Å². The Bertz CT molecular complexity index is 1170. The average molecular weight is 651 g/mol. The minimum absolute atomic E-state index is 0.0634. The molecule has 3 fully saturated rings. The number of piperidine rings is 1. The van der Waals surface area contributed by atoms with Crippen LogP contribution in [-0.4, -0.2) is 96.6 Å². The number of carbonyl (C=O) groups excluding carboxylic acids is 6. The van der Waals surface area contributed by atoms with E-state index >= 15 is 0 Å². The third-order valence-electron chi connectivity index (χ3n) is 9.04. The van der Waals surface area contributed by atoms with Crippen LogP contribution in [0.2, 0.25) is 0 Å². The number of ether oxygens (including phenoxy) is 3. The van der Waals surface area contributed by atoms with Crippen LogP contribution in [0, 0.1) is 23.2 Å². The summed E-state index contributed by atoms with van der Waals surface area (Å²) in [5.74, 6) is -3.56. The van der Waals surface area contributed by atoms with Crippen molar-refractivity contribution in [1.29, 1.82) is 0 Å². The van der Waals surface area contributed by atoms with Crippen LogP contribution in [0.3, 0.4) is 0 Å². The van der Waals surface area contributed by atoms with Crippen molar-refractivity contribution >= 4 is 35.6 Å². The smallest absolute Gasteiger partial charge is 0.408 e. The normalized spacial score (nSPS) is 23.8. The highest BCUT2D eigenvalue weighted by molar-refractivity contribution is 6.38. The maximum Gasteiger partial charge on any atom is 0.408 e. The number of esters is 1. The van der Waals surface area contributed by atoms with Crippen LogP contribution >= 0.6 is 0 Å². The molecule has 260 valence electrons. The van der Waals surface area contributed by atoms with Crippen LogP contribution in [0.25, 0.3) is 0 Å². The zero-order valence-corrected chi connectivity index (χ0v) is 28.9. The zero-order chi connectivity index (χ0) is 34.6. The van der Waals surface area contributed by atoms with Crippen LogP contribution < -0.4 is 16.0 Å². The van der Waals surface area contributed by atoms with Crippen LogP contribution in [-0.2, 0) is 38.2 Å². The molecule has 0 aromatic carbocycles. The molecule has 5 atom stereocenters. The van der Waals surface area contributed by atoms with Gasteiger partial charge in [0.25, 0.3) is 5.91 Å². The van der Waals surface area contributed by atoms with Gasteiger partial charge in [0.2, 0.25) is 17.6 Å². The number of hydrogen-bond donors (Lipinski definition) is 3. The van der Waals surface area contributed by atoms with E-state index < -0.39 is 59.0 Å². The molecule has 13 nitrogen and oxygen atoms in total. The predicted molar refractivity (Wildman–Crippen MR) is 168 cm³/mol. The molecule has 1 aliphatic heterocycles. The van der Waals surface area contributed by atoms with Gasteiger partial charge in [0.15, 0.2) is 0 Å². The molecule has 3 rings (SSSR count). The van der Waals surface area contributed by atoms with E-state index in [1.165, 1.54) is 12.0 Å². The first-order valence-corrected chi connectivity index (χ1v) is 16.4. The number of hydrogen-bond acceptors (Lipinski definition) is 9. The Balaban J connectivity index is 1.75. The monoisotopic (exact) mass is 650 g/mol. The molecule has 4 amide bonds. The maximum atomic E-state index is 14.2. The van der Waals surface area contributed by atoms with E-state index in [0.717, 1.165) is 32.1 Å². The van der Waals surface area contributed by atoms with Crippen LogP contribution in [0.15, 0.2) is 0 Å². The molecule has 0 bridgehead atoms. The van der Waals surface area contributed by atoms with Gasteiger partial charge in [0, 0.05) is 20.2 Å². The number of nitrogens with zero attached hydrogens (tertiary/aromatic N) is 1.